The number of urea groups is 1. The minimum Gasteiger partial charge on any atom is -0.494 e. The predicted molar refractivity (Wildman–Crippen MR) is 132 cm³/mol. The minimum absolute atomic E-state index is 0.118. The van der Waals surface area contributed by atoms with Crippen LogP contribution in [0.5, 0.6) is 5.75 Å². The number of amides is 4. The topological polar surface area (TPSA) is 75.7 Å². The molecule has 172 valence electrons. The van der Waals surface area contributed by atoms with Crippen molar-refractivity contribution in [2.75, 3.05) is 11.5 Å². The third-order valence-electron chi connectivity index (χ3n) is 5.49. The largest absolute Gasteiger partial charge is 0.494 e. The molecule has 0 saturated carbocycles. The molecule has 1 saturated heterocycles. The molecule has 0 aliphatic carbocycles. The maximum absolute atomic E-state index is 13.1. The number of benzene rings is 3. The first-order valence-corrected chi connectivity index (χ1v) is 11.1. The van der Waals surface area contributed by atoms with Gasteiger partial charge in [0.15, 0.2) is 0 Å². The van der Waals surface area contributed by atoms with Crippen LogP contribution in [0, 0.1) is 13.8 Å². The molecule has 4 rings (SSSR count). The van der Waals surface area contributed by atoms with E-state index < -0.39 is 17.8 Å². The summed E-state index contributed by atoms with van der Waals surface area (Å²) in [7, 11) is 0. The van der Waals surface area contributed by atoms with Crippen LogP contribution >= 0.6 is 0 Å². The predicted octanol–water partition coefficient (Wildman–Crippen LogP) is 4.96. The lowest BCUT2D eigenvalue weighted by Crippen LogP contribution is -2.54. The molecule has 1 aliphatic rings. The second kappa shape index (κ2) is 9.75. The van der Waals surface area contributed by atoms with E-state index in [0.29, 0.717) is 30.0 Å². The molecule has 0 radical (unpaired) electrons. The number of carbonyl (C=O) groups excluding carboxylic acids is 3. The van der Waals surface area contributed by atoms with Gasteiger partial charge >= 0.3 is 6.03 Å². The fourth-order valence-corrected chi connectivity index (χ4v) is 4.12. The number of para-hydroxylation sites is 1. The molecule has 3 aromatic carbocycles. The Morgan fingerprint density at radius 3 is 2.29 bits per heavy atom. The third-order valence-corrected chi connectivity index (χ3v) is 5.49. The van der Waals surface area contributed by atoms with Crippen LogP contribution in [-0.4, -0.2) is 24.5 Å². The molecule has 0 unspecified atom stereocenters. The van der Waals surface area contributed by atoms with Gasteiger partial charge in [-0.25, -0.2) is 9.69 Å². The fourth-order valence-electron chi connectivity index (χ4n) is 4.12. The molecule has 6 nitrogen and oxygen atoms in total. The van der Waals surface area contributed by atoms with Crippen molar-refractivity contribution in [3.05, 3.63) is 100 Å². The number of hydrogen-bond acceptors (Lipinski definition) is 4. The summed E-state index contributed by atoms with van der Waals surface area (Å²) >= 11 is 0. The average molecular weight is 455 g/mol. The van der Waals surface area contributed by atoms with Crippen LogP contribution in [0.3, 0.4) is 0 Å². The Hall–Kier alpha value is -4.19. The fraction of sp³-hybridized carbons (Fsp3) is 0.179. The van der Waals surface area contributed by atoms with E-state index in [2.05, 4.69) is 37.4 Å². The second-order valence-corrected chi connectivity index (χ2v) is 8.27. The number of rotatable bonds is 6. The third kappa shape index (κ3) is 4.91. The summed E-state index contributed by atoms with van der Waals surface area (Å²) in [5.74, 6) is -0.702. The van der Waals surface area contributed by atoms with Crippen molar-refractivity contribution in [2.24, 2.45) is 0 Å². The van der Waals surface area contributed by atoms with E-state index in [1.165, 1.54) is 22.8 Å². The van der Waals surface area contributed by atoms with Crippen LogP contribution in [0.25, 0.3) is 6.08 Å². The summed E-state index contributed by atoms with van der Waals surface area (Å²) in [5, 5.41) is 2.25. The van der Waals surface area contributed by atoms with Crippen LogP contribution in [0.15, 0.2) is 72.3 Å². The average Bonchev–Trinajstić information content (AvgIpc) is 2.78. The van der Waals surface area contributed by atoms with Gasteiger partial charge in [-0.3, -0.25) is 14.9 Å². The number of ether oxygens (including phenoxy) is 1. The molecule has 0 aromatic heterocycles. The van der Waals surface area contributed by atoms with E-state index >= 15 is 0 Å². The Labute approximate surface area is 198 Å². The zero-order valence-corrected chi connectivity index (χ0v) is 19.4. The van der Waals surface area contributed by atoms with Crippen molar-refractivity contribution >= 4 is 29.6 Å². The van der Waals surface area contributed by atoms with E-state index in [1.54, 1.807) is 30.3 Å². The summed E-state index contributed by atoms with van der Waals surface area (Å²) in [6.45, 7) is 6.54. The van der Waals surface area contributed by atoms with E-state index in [9.17, 15) is 14.4 Å². The molecule has 1 N–H and O–H groups in total. The lowest BCUT2D eigenvalue weighted by molar-refractivity contribution is -0.122. The highest BCUT2D eigenvalue weighted by Crippen LogP contribution is 2.27. The molecule has 0 bridgehead atoms. The van der Waals surface area contributed by atoms with E-state index in [-0.39, 0.29) is 5.57 Å². The molecule has 1 fully saturated rings. The first-order valence-electron chi connectivity index (χ1n) is 11.1. The number of aryl methyl sites for hydroxylation is 2. The molecule has 34 heavy (non-hydrogen) atoms. The number of imide groups is 2. The van der Waals surface area contributed by atoms with Crippen molar-refractivity contribution in [3.63, 3.8) is 0 Å². The summed E-state index contributed by atoms with van der Waals surface area (Å²) in [4.78, 5) is 38.9. The monoisotopic (exact) mass is 454 g/mol. The Morgan fingerprint density at radius 2 is 1.62 bits per heavy atom. The van der Waals surface area contributed by atoms with Crippen LogP contribution in [0.2, 0.25) is 0 Å². The molecule has 0 spiro atoms. The number of nitrogens with one attached hydrogen (secondary N) is 1. The quantitative estimate of drug-likeness (QED) is 0.422. The number of nitrogens with zero attached hydrogens (tertiary/aromatic N) is 1. The van der Waals surface area contributed by atoms with Crippen LogP contribution < -0.4 is 15.0 Å². The smallest absolute Gasteiger partial charge is 0.335 e. The Morgan fingerprint density at radius 1 is 0.912 bits per heavy atom. The van der Waals surface area contributed by atoms with Gasteiger partial charge in [0.25, 0.3) is 11.8 Å². The molecule has 3 aromatic rings. The van der Waals surface area contributed by atoms with Gasteiger partial charge in [-0.2, -0.15) is 0 Å². The van der Waals surface area contributed by atoms with Gasteiger partial charge in [0, 0.05) is 6.42 Å². The molecule has 1 aliphatic heterocycles. The number of anilines is 1. The Kier molecular flexibility index (Phi) is 6.59. The SMILES string of the molecule is CCOc1cc(/C=C2\C(=O)NC(=O)N(c3ccccc3)C2=O)ccc1Cc1cc(C)cc(C)c1. The van der Waals surface area contributed by atoms with Gasteiger partial charge in [-0.15, -0.1) is 0 Å². The minimum atomic E-state index is -0.767. The van der Waals surface area contributed by atoms with Gasteiger partial charge in [0.2, 0.25) is 0 Å². The number of barbiturate groups is 1. The van der Waals surface area contributed by atoms with Crippen LogP contribution in [0.4, 0.5) is 10.5 Å². The van der Waals surface area contributed by atoms with Gasteiger partial charge in [0.1, 0.15) is 11.3 Å². The van der Waals surface area contributed by atoms with Gasteiger partial charge in [-0.05, 0) is 61.7 Å². The van der Waals surface area contributed by atoms with Crippen molar-refractivity contribution in [2.45, 2.75) is 27.2 Å². The molecule has 6 heteroatoms. The standard InChI is InChI=1S/C28H26N2O4/c1-4-34-25-17-20(10-11-22(25)15-21-13-18(2)12-19(3)14-21)16-24-26(31)29-28(33)30(27(24)32)23-8-6-5-7-9-23/h5-14,16-17H,4,15H2,1-3H3,(H,29,31,33)/b24-16+. The zero-order chi connectivity index (χ0) is 24.2. The molecular weight excluding hydrogens is 428 g/mol. The van der Waals surface area contributed by atoms with E-state index in [1.807, 2.05) is 25.1 Å². The van der Waals surface area contributed by atoms with Crippen LogP contribution in [0.1, 0.15) is 34.7 Å². The molecule has 0 atom stereocenters. The summed E-state index contributed by atoms with van der Waals surface area (Å²) in [5.41, 5.74) is 5.50. The van der Waals surface area contributed by atoms with E-state index in [0.717, 1.165) is 10.5 Å². The molecule has 1 heterocycles. The maximum Gasteiger partial charge on any atom is 0.335 e. The lowest BCUT2D eigenvalue weighted by atomic mass is 9.98. The lowest BCUT2D eigenvalue weighted by Gasteiger charge is -2.26. The summed E-state index contributed by atoms with van der Waals surface area (Å²) in [6.07, 6.45) is 2.19. The zero-order valence-electron chi connectivity index (χ0n) is 19.4. The van der Waals surface area contributed by atoms with Crippen molar-refractivity contribution in [1.29, 1.82) is 0 Å². The number of hydrogen-bond donors (Lipinski definition) is 1. The van der Waals surface area contributed by atoms with Crippen LogP contribution in [-0.2, 0) is 16.0 Å². The van der Waals surface area contributed by atoms with Crippen molar-refractivity contribution < 1.29 is 19.1 Å². The first-order chi connectivity index (χ1) is 16.4. The highest BCUT2D eigenvalue weighted by atomic mass is 16.5. The highest BCUT2D eigenvalue weighted by Gasteiger charge is 2.36. The molecular formula is C28H26N2O4. The highest BCUT2D eigenvalue weighted by molar-refractivity contribution is 6.39. The van der Waals surface area contributed by atoms with Crippen molar-refractivity contribution in [3.8, 4) is 5.75 Å². The van der Waals surface area contributed by atoms with Gasteiger partial charge < -0.3 is 4.74 Å². The normalized spacial score (nSPS) is 15.0. The Balaban J connectivity index is 1.67. The number of carbonyl (C=O) groups is 3. The second-order valence-electron chi connectivity index (χ2n) is 8.27. The van der Waals surface area contributed by atoms with Crippen molar-refractivity contribution in [1.82, 2.24) is 5.32 Å². The maximum atomic E-state index is 13.1. The van der Waals surface area contributed by atoms with Gasteiger partial charge in [0.05, 0.1) is 12.3 Å². The first kappa shape index (κ1) is 23.0. The summed E-state index contributed by atoms with van der Waals surface area (Å²) in [6, 6.07) is 19.8. The van der Waals surface area contributed by atoms with Gasteiger partial charge in [-0.1, -0.05) is 59.7 Å². The molecule has 4 amide bonds. The summed E-state index contributed by atoms with van der Waals surface area (Å²) < 4.78 is 5.88. The Bertz CT molecular complexity index is 1270. The van der Waals surface area contributed by atoms with E-state index in [4.69, 9.17) is 4.74 Å².